The number of quaternary nitrogens is 1. The standard InChI is InChI=1S/C4H12N.HO3Si/c1-5(2,3)4;1-4(2)3/h1-4H3;1H/q+1;-1. The Balaban J connectivity index is 0. The van der Waals surface area contributed by atoms with Crippen molar-refractivity contribution in [3.05, 3.63) is 0 Å². The van der Waals surface area contributed by atoms with E-state index in [1.165, 1.54) is 0 Å². The van der Waals surface area contributed by atoms with Crippen LogP contribution in [0.25, 0.3) is 0 Å². The average molecular weight is 151 g/mol. The van der Waals surface area contributed by atoms with Crippen LogP contribution >= 0.6 is 0 Å². The zero-order chi connectivity index (χ0) is 8.08. The molecule has 56 valence electrons. The van der Waals surface area contributed by atoms with Gasteiger partial charge in [0, 0.05) is 0 Å². The van der Waals surface area contributed by atoms with Crippen LogP contribution in [0.1, 0.15) is 0 Å². The number of hydrogen-bond acceptors (Lipinski definition) is 2. The van der Waals surface area contributed by atoms with E-state index in [2.05, 4.69) is 28.2 Å². The minimum Gasteiger partial charge on any atom is -0.604 e. The van der Waals surface area contributed by atoms with Crippen molar-refractivity contribution in [3.63, 3.8) is 0 Å². The third-order valence-electron chi connectivity index (χ3n) is 0. The maximum atomic E-state index is 8.63. The van der Waals surface area contributed by atoms with Crippen LogP contribution in [0, 0.1) is 0 Å². The Bertz CT molecular complexity index is 78.3. The highest BCUT2D eigenvalue weighted by molar-refractivity contribution is 6.19. The van der Waals surface area contributed by atoms with Crippen LogP contribution in [0.4, 0.5) is 0 Å². The van der Waals surface area contributed by atoms with Crippen LogP contribution in [-0.2, 0) is 4.46 Å². The lowest BCUT2D eigenvalue weighted by Crippen LogP contribution is -2.27. The SMILES string of the molecule is C[N+](C)(C)C.O=[Si]([O-])O. The second kappa shape index (κ2) is 4.46. The lowest BCUT2D eigenvalue weighted by Gasteiger charge is -2.14. The quantitative estimate of drug-likeness (QED) is 0.324. The molecule has 4 nitrogen and oxygen atoms in total. The first-order valence-corrected chi connectivity index (χ1v) is 3.68. The molecule has 0 atom stereocenters. The van der Waals surface area contributed by atoms with Crippen molar-refractivity contribution >= 4 is 9.17 Å². The summed E-state index contributed by atoms with van der Waals surface area (Å²) in [4.78, 5) is 15.7. The number of hydrogen-bond donors (Lipinski definition) is 1. The minimum atomic E-state index is -3.38. The summed E-state index contributed by atoms with van der Waals surface area (Å²) >= 11 is 0. The van der Waals surface area contributed by atoms with Crippen molar-refractivity contribution in [3.8, 4) is 0 Å². The smallest absolute Gasteiger partial charge is 0.410 e. The molecule has 5 heteroatoms. The summed E-state index contributed by atoms with van der Waals surface area (Å²) in [6.07, 6.45) is 0. The van der Waals surface area contributed by atoms with E-state index in [9.17, 15) is 0 Å². The van der Waals surface area contributed by atoms with Gasteiger partial charge in [0.1, 0.15) is 0 Å². The van der Waals surface area contributed by atoms with E-state index in [-0.39, 0.29) is 0 Å². The van der Waals surface area contributed by atoms with Gasteiger partial charge in [-0.15, -0.1) is 0 Å². The van der Waals surface area contributed by atoms with E-state index in [1.807, 2.05) is 0 Å². The van der Waals surface area contributed by atoms with Gasteiger partial charge in [0.2, 0.25) is 0 Å². The Labute approximate surface area is 56.8 Å². The van der Waals surface area contributed by atoms with Gasteiger partial charge in [-0.3, -0.25) is 0 Å². The molecule has 0 amide bonds. The van der Waals surface area contributed by atoms with Gasteiger partial charge in [0.25, 0.3) is 0 Å². The highest BCUT2D eigenvalue weighted by atomic mass is 28.3. The monoisotopic (exact) mass is 151 g/mol. The second-order valence-corrected chi connectivity index (χ2v) is 3.48. The predicted molar refractivity (Wildman–Crippen MR) is 32.6 cm³/mol. The highest BCUT2D eigenvalue weighted by Gasteiger charge is 1.88. The summed E-state index contributed by atoms with van der Waals surface area (Å²) in [5, 5.41) is 0. The molecule has 0 aliphatic rings. The molecule has 0 heterocycles. The van der Waals surface area contributed by atoms with Gasteiger partial charge < -0.3 is 18.5 Å². The lowest BCUT2D eigenvalue weighted by molar-refractivity contribution is -0.849. The van der Waals surface area contributed by atoms with Gasteiger partial charge in [-0.1, -0.05) is 0 Å². The summed E-state index contributed by atoms with van der Waals surface area (Å²) in [6, 6.07) is 0. The van der Waals surface area contributed by atoms with E-state index in [1.54, 1.807) is 0 Å². The molecule has 9 heavy (non-hydrogen) atoms. The molecule has 0 rings (SSSR count). The van der Waals surface area contributed by atoms with Crippen LogP contribution in [0.3, 0.4) is 0 Å². The third-order valence-corrected chi connectivity index (χ3v) is 0. The molecule has 0 saturated carbocycles. The molecule has 0 radical (unpaired) electrons. The van der Waals surface area contributed by atoms with Gasteiger partial charge in [-0.25, -0.2) is 0 Å². The summed E-state index contributed by atoms with van der Waals surface area (Å²) in [5.41, 5.74) is 0. The summed E-state index contributed by atoms with van der Waals surface area (Å²) in [5.74, 6) is 0. The van der Waals surface area contributed by atoms with Gasteiger partial charge in [0.05, 0.1) is 28.2 Å². The Kier molecular flexibility index (Phi) is 5.64. The summed E-state index contributed by atoms with van der Waals surface area (Å²) < 4.78 is 9.63. The zero-order valence-corrected chi connectivity index (χ0v) is 7.21. The van der Waals surface area contributed by atoms with E-state index >= 15 is 0 Å². The topological polar surface area (TPSA) is 60.4 Å². The number of rotatable bonds is 0. The largest absolute Gasteiger partial charge is 0.604 e. The fraction of sp³-hybridized carbons (Fsp3) is 1.00. The third kappa shape index (κ3) is 1320. The fourth-order valence-electron chi connectivity index (χ4n) is 0. The maximum Gasteiger partial charge on any atom is 0.410 e. The van der Waals surface area contributed by atoms with E-state index in [4.69, 9.17) is 14.1 Å². The van der Waals surface area contributed by atoms with Gasteiger partial charge in [-0.2, -0.15) is 0 Å². The predicted octanol–water partition coefficient (Wildman–Crippen LogP) is -1.92. The second-order valence-electron chi connectivity index (χ2n) is 2.95. The zero-order valence-electron chi connectivity index (χ0n) is 6.21. The number of nitrogens with zero attached hydrogens (tertiary/aromatic N) is 1. The van der Waals surface area contributed by atoms with Crippen molar-refractivity contribution in [2.24, 2.45) is 0 Å². The van der Waals surface area contributed by atoms with E-state index in [0.29, 0.717) is 0 Å². The van der Waals surface area contributed by atoms with E-state index in [0.717, 1.165) is 4.48 Å². The molecule has 0 spiro atoms. The molecule has 0 fully saturated rings. The molecule has 0 aromatic carbocycles. The molecule has 0 unspecified atom stereocenters. The normalized spacial score (nSPS) is 9.33. The molecule has 0 aromatic heterocycles. The first kappa shape index (κ1) is 11.4. The summed E-state index contributed by atoms with van der Waals surface area (Å²) in [6.45, 7) is 0. The van der Waals surface area contributed by atoms with Crippen molar-refractivity contribution in [1.29, 1.82) is 0 Å². The van der Waals surface area contributed by atoms with Gasteiger partial charge in [0.15, 0.2) is 0 Å². The van der Waals surface area contributed by atoms with Crippen LogP contribution < -0.4 is 4.80 Å². The molecular formula is C4H13NO3Si. The van der Waals surface area contributed by atoms with Crippen molar-refractivity contribution in [1.82, 2.24) is 0 Å². The summed E-state index contributed by atoms with van der Waals surface area (Å²) in [7, 11) is 5.12. The molecule has 0 bridgehead atoms. The molecule has 1 N–H and O–H groups in total. The van der Waals surface area contributed by atoms with E-state index < -0.39 is 9.17 Å². The van der Waals surface area contributed by atoms with Crippen LogP contribution in [0.5, 0.6) is 0 Å². The molecule has 0 aliphatic carbocycles. The minimum absolute atomic E-state index is 1.00. The van der Waals surface area contributed by atoms with Gasteiger partial charge in [-0.05, 0) is 0 Å². The Hall–Kier alpha value is -0.423. The fourth-order valence-corrected chi connectivity index (χ4v) is 0. The molecular weight excluding hydrogens is 138 g/mol. The highest BCUT2D eigenvalue weighted by Crippen LogP contribution is 1.73. The first-order valence-electron chi connectivity index (χ1n) is 2.42. The van der Waals surface area contributed by atoms with Crippen LogP contribution in [0.15, 0.2) is 0 Å². The van der Waals surface area contributed by atoms with Crippen molar-refractivity contribution < 1.29 is 18.5 Å². The lowest BCUT2D eigenvalue weighted by atomic mass is 10.8. The van der Waals surface area contributed by atoms with Crippen molar-refractivity contribution in [2.45, 2.75) is 0 Å². The van der Waals surface area contributed by atoms with Gasteiger partial charge >= 0.3 is 9.17 Å². The maximum absolute atomic E-state index is 8.63. The Morgan fingerprint density at radius 3 is 1.33 bits per heavy atom. The van der Waals surface area contributed by atoms with Crippen LogP contribution in [-0.4, -0.2) is 46.6 Å². The molecule has 0 saturated heterocycles. The van der Waals surface area contributed by atoms with Crippen LogP contribution in [0.2, 0.25) is 0 Å². The first-order chi connectivity index (χ1) is 3.73. The molecule has 0 aromatic rings. The average Bonchev–Trinajstić information content (AvgIpc) is 1.19. The Morgan fingerprint density at radius 2 is 1.33 bits per heavy atom. The Morgan fingerprint density at radius 1 is 1.33 bits per heavy atom. The molecule has 0 aliphatic heterocycles. The van der Waals surface area contributed by atoms with Crippen molar-refractivity contribution in [2.75, 3.05) is 28.2 Å².